The van der Waals surface area contributed by atoms with Gasteiger partial charge in [-0.1, -0.05) is 25.9 Å². The molecule has 0 saturated carbocycles. The topological polar surface area (TPSA) is 21.6 Å². The van der Waals surface area contributed by atoms with Crippen LogP contribution < -0.4 is 0 Å². The molecule has 0 fully saturated rings. The van der Waals surface area contributed by atoms with Crippen LogP contribution in [0.1, 0.15) is 41.5 Å². The van der Waals surface area contributed by atoms with Gasteiger partial charge in [0.15, 0.2) is 0 Å². The normalized spacial score (nSPS) is 14.4. The van der Waals surface area contributed by atoms with E-state index in [4.69, 9.17) is 4.84 Å². The lowest BCUT2D eigenvalue weighted by molar-refractivity contribution is 0.00337. The van der Waals surface area contributed by atoms with E-state index >= 15 is 0 Å². The van der Waals surface area contributed by atoms with Crippen LogP contribution in [-0.4, -0.2) is 23.3 Å². The van der Waals surface area contributed by atoms with E-state index in [0.29, 0.717) is 0 Å². The van der Waals surface area contributed by atoms with Crippen LogP contribution in [0, 0.1) is 5.41 Å². The van der Waals surface area contributed by atoms with Crippen molar-refractivity contribution >= 4 is 17.5 Å². The minimum atomic E-state index is -0.175. The molecule has 0 aromatic rings. The maximum Gasteiger partial charge on any atom is 0.141 e. The summed E-state index contributed by atoms with van der Waals surface area (Å²) in [5.41, 5.74) is 0.952. The van der Waals surface area contributed by atoms with E-state index in [0.717, 1.165) is 11.5 Å². The van der Waals surface area contributed by atoms with Gasteiger partial charge < -0.3 is 4.84 Å². The zero-order valence-electron chi connectivity index (χ0n) is 10.5. The highest BCUT2D eigenvalue weighted by Gasteiger charge is 2.20. The van der Waals surface area contributed by atoms with Crippen LogP contribution in [0.4, 0.5) is 0 Å². The molecule has 0 radical (unpaired) electrons. The minimum Gasteiger partial charge on any atom is -0.389 e. The average molecular weight is 217 g/mol. The smallest absolute Gasteiger partial charge is 0.141 e. The van der Waals surface area contributed by atoms with Gasteiger partial charge in [-0.2, -0.15) is 11.8 Å². The molecule has 0 aliphatic rings. The Hall–Kier alpha value is -0.180. The Balaban J connectivity index is 4.28. The fourth-order valence-electron chi connectivity index (χ4n) is 0.703. The Kier molecular flexibility index (Phi) is 4.99. The number of hydrogen-bond donors (Lipinski definition) is 0. The molecule has 0 heterocycles. The molecule has 0 aliphatic carbocycles. The standard InChI is InChI=1S/C11H23NOS/c1-9(10(2,3)4)12-13-11(5,6)8-14-7/h8H2,1-7H3/b12-9+. The first-order chi connectivity index (χ1) is 6.19. The Labute approximate surface area is 92.5 Å². The number of oxime groups is 1. The first-order valence-corrected chi connectivity index (χ1v) is 6.30. The van der Waals surface area contributed by atoms with Gasteiger partial charge in [-0.3, -0.25) is 0 Å². The van der Waals surface area contributed by atoms with E-state index in [2.05, 4.69) is 46.0 Å². The number of nitrogens with zero attached hydrogens (tertiary/aromatic N) is 1. The molecule has 0 aromatic carbocycles. The third-order valence-corrected chi connectivity index (χ3v) is 2.99. The van der Waals surface area contributed by atoms with Crippen molar-refractivity contribution in [3.63, 3.8) is 0 Å². The Bertz CT molecular complexity index is 204. The van der Waals surface area contributed by atoms with Gasteiger partial charge in [0.05, 0.1) is 5.71 Å². The van der Waals surface area contributed by atoms with Gasteiger partial charge in [0.25, 0.3) is 0 Å². The molecule has 0 atom stereocenters. The number of rotatable bonds is 4. The van der Waals surface area contributed by atoms with Crippen molar-refractivity contribution in [2.45, 2.75) is 47.1 Å². The van der Waals surface area contributed by atoms with E-state index in [1.54, 1.807) is 11.8 Å². The van der Waals surface area contributed by atoms with Crippen LogP contribution in [-0.2, 0) is 4.84 Å². The summed E-state index contributed by atoms with van der Waals surface area (Å²) in [6, 6.07) is 0. The quantitative estimate of drug-likeness (QED) is 0.530. The van der Waals surface area contributed by atoms with Gasteiger partial charge in [-0.15, -0.1) is 0 Å². The molecular formula is C11H23NOS. The van der Waals surface area contributed by atoms with Crippen LogP contribution in [0.2, 0.25) is 0 Å². The second kappa shape index (κ2) is 5.06. The summed E-state index contributed by atoms with van der Waals surface area (Å²) < 4.78 is 0. The SMILES string of the molecule is CSCC(C)(C)O/N=C(\C)C(C)(C)C. The van der Waals surface area contributed by atoms with Crippen molar-refractivity contribution in [3.8, 4) is 0 Å². The molecule has 0 N–H and O–H groups in total. The highest BCUT2D eigenvalue weighted by molar-refractivity contribution is 7.98. The van der Waals surface area contributed by atoms with Crippen molar-refractivity contribution in [3.05, 3.63) is 0 Å². The van der Waals surface area contributed by atoms with E-state index in [9.17, 15) is 0 Å². The number of hydrogen-bond acceptors (Lipinski definition) is 3. The first kappa shape index (κ1) is 13.8. The molecule has 0 amide bonds. The lowest BCUT2D eigenvalue weighted by Gasteiger charge is -2.24. The van der Waals surface area contributed by atoms with Gasteiger partial charge in [0.1, 0.15) is 5.60 Å². The van der Waals surface area contributed by atoms with E-state index in [1.165, 1.54) is 0 Å². The van der Waals surface area contributed by atoms with Crippen molar-refractivity contribution in [2.24, 2.45) is 10.6 Å². The molecule has 2 nitrogen and oxygen atoms in total. The molecule has 84 valence electrons. The fraction of sp³-hybridized carbons (Fsp3) is 0.909. The third-order valence-electron chi connectivity index (χ3n) is 2.01. The van der Waals surface area contributed by atoms with Gasteiger partial charge >= 0.3 is 0 Å². The maximum atomic E-state index is 5.53. The van der Waals surface area contributed by atoms with Gasteiger partial charge in [0, 0.05) is 11.2 Å². The summed E-state index contributed by atoms with van der Waals surface area (Å²) in [6.45, 7) is 12.5. The summed E-state index contributed by atoms with van der Waals surface area (Å²) in [5, 5.41) is 4.19. The lowest BCUT2D eigenvalue weighted by Crippen LogP contribution is -2.27. The Morgan fingerprint density at radius 1 is 1.21 bits per heavy atom. The molecule has 0 rings (SSSR count). The summed E-state index contributed by atoms with van der Waals surface area (Å²) >= 11 is 1.77. The molecule has 0 aliphatic heterocycles. The zero-order chi connectivity index (χ0) is 11.4. The molecular weight excluding hydrogens is 194 g/mol. The van der Waals surface area contributed by atoms with Crippen LogP contribution in [0.5, 0.6) is 0 Å². The van der Waals surface area contributed by atoms with Gasteiger partial charge in [0.2, 0.25) is 0 Å². The second-order valence-electron chi connectivity index (χ2n) is 5.21. The highest BCUT2D eigenvalue weighted by atomic mass is 32.2. The Morgan fingerprint density at radius 3 is 2.07 bits per heavy atom. The van der Waals surface area contributed by atoms with E-state index in [-0.39, 0.29) is 11.0 Å². The average Bonchev–Trinajstić information content (AvgIpc) is 1.98. The molecule has 0 bridgehead atoms. The van der Waals surface area contributed by atoms with Crippen molar-refractivity contribution < 1.29 is 4.84 Å². The van der Waals surface area contributed by atoms with Crippen LogP contribution in [0.15, 0.2) is 5.16 Å². The predicted octanol–water partition coefficient (Wildman–Crippen LogP) is 3.57. The summed E-state index contributed by atoms with van der Waals surface area (Å²) in [4.78, 5) is 5.53. The van der Waals surface area contributed by atoms with E-state index in [1.807, 2.05) is 6.92 Å². The van der Waals surface area contributed by atoms with Gasteiger partial charge in [-0.25, -0.2) is 0 Å². The molecule has 0 unspecified atom stereocenters. The van der Waals surface area contributed by atoms with Crippen LogP contribution >= 0.6 is 11.8 Å². The van der Waals surface area contributed by atoms with Gasteiger partial charge in [-0.05, 0) is 27.0 Å². The predicted molar refractivity (Wildman–Crippen MR) is 66.1 cm³/mol. The number of thioether (sulfide) groups is 1. The lowest BCUT2D eigenvalue weighted by atomic mass is 9.91. The molecule has 0 aromatic heterocycles. The third kappa shape index (κ3) is 5.53. The summed E-state index contributed by atoms with van der Waals surface area (Å²) in [6.07, 6.45) is 2.07. The zero-order valence-corrected chi connectivity index (χ0v) is 11.3. The Morgan fingerprint density at radius 2 is 1.71 bits per heavy atom. The maximum absolute atomic E-state index is 5.53. The molecule has 0 saturated heterocycles. The highest BCUT2D eigenvalue weighted by Crippen LogP contribution is 2.19. The van der Waals surface area contributed by atoms with Crippen LogP contribution in [0.3, 0.4) is 0 Å². The molecule has 0 spiro atoms. The summed E-state index contributed by atoms with van der Waals surface area (Å²) in [5.74, 6) is 0.952. The van der Waals surface area contributed by atoms with Crippen molar-refractivity contribution in [2.75, 3.05) is 12.0 Å². The van der Waals surface area contributed by atoms with Crippen molar-refractivity contribution in [1.29, 1.82) is 0 Å². The molecule has 14 heavy (non-hydrogen) atoms. The largest absolute Gasteiger partial charge is 0.389 e. The first-order valence-electron chi connectivity index (χ1n) is 4.91. The van der Waals surface area contributed by atoms with Crippen molar-refractivity contribution in [1.82, 2.24) is 0 Å². The minimum absolute atomic E-state index is 0.0927. The monoisotopic (exact) mass is 217 g/mol. The fourth-order valence-corrected chi connectivity index (χ4v) is 1.45. The van der Waals surface area contributed by atoms with Crippen LogP contribution in [0.25, 0.3) is 0 Å². The second-order valence-corrected chi connectivity index (χ2v) is 6.08. The summed E-state index contributed by atoms with van der Waals surface area (Å²) in [7, 11) is 0. The van der Waals surface area contributed by atoms with E-state index < -0.39 is 0 Å². The molecule has 3 heteroatoms.